The molecule has 0 aliphatic rings. The van der Waals surface area contributed by atoms with Gasteiger partial charge in [-0.3, -0.25) is 4.79 Å². The van der Waals surface area contributed by atoms with Gasteiger partial charge in [0.15, 0.2) is 0 Å². The molecule has 0 aliphatic carbocycles. The van der Waals surface area contributed by atoms with Gasteiger partial charge in [-0.25, -0.2) is 13.1 Å². The molecule has 2 rings (SSSR count). The highest BCUT2D eigenvalue weighted by molar-refractivity contribution is 7.89. The zero-order valence-electron chi connectivity index (χ0n) is 15.4. The van der Waals surface area contributed by atoms with E-state index in [0.717, 1.165) is 11.3 Å². The van der Waals surface area contributed by atoms with E-state index < -0.39 is 10.0 Å². The number of rotatable bonds is 10. The fourth-order valence-corrected chi connectivity index (χ4v) is 3.50. The van der Waals surface area contributed by atoms with Gasteiger partial charge in [0, 0.05) is 25.8 Å². The summed E-state index contributed by atoms with van der Waals surface area (Å²) in [5.41, 5.74) is 1.31. The summed E-state index contributed by atoms with van der Waals surface area (Å²) >= 11 is 0. The van der Waals surface area contributed by atoms with E-state index in [4.69, 9.17) is 9.47 Å². The molecule has 0 saturated heterocycles. The number of sulfonamides is 1. The Morgan fingerprint density at radius 1 is 1.00 bits per heavy atom. The Kier molecular flexibility index (Phi) is 7.78. The summed E-state index contributed by atoms with van der Waals surface area (Å²) in [7, 11) is -0.528. The fourth-order valence-electron chi connectivity index (χ4n) is 2.47. The predicted molar refractivity (Wildman–Crippen MR) is 103 cm³/mol. The summed E-state index contributed by atoms with van der Waals surface area (Å²) < 4.78 is 37.5. The van der Waals surface area contributed by atoms with Crippen molar-refractivity contribution in [3.05, 3.63) is 59.7 Å². The average molecular weight is 392 g/mol. The summed E-state index contributed by atoms with van der Waals surface area (Å²) in [6, 6.07) is 13.3. The van der Waals surface area contributed by atoms with E-state index in [0.29, 0.717) is 25.1 Å². The molecule has 2 aromatic rings. The summed E-state index contributed by atoms with van der Waals surface area (Å²) in [5, 5.41) is 2.68. The van der Waals surface area contributed by atoms with Crippen LogP contribution in [-0.2, 0) is 21.2 Å². The smallest absolute Gasteiger partial charge is 0.251 e. The highest BCUT2D eigenvalue weighted by Gasteiger charge is 2.15. The molecule has 0 heterocycles. The van der Waals surface area contributed by atoms with Gasteiger partial charge in [-0.05, 0) is 42.3 Å². The molecule has 0 saturated carbocycles. The normalized spacial score (nSPS) is 11.2. The Hall–Kier alpha value is -2.42. The molecule has 0 atom stereocenters. The van der Waals surface area contributed by atoms with Crippen LogP contribution in [0.25, 0.3) is 0 Å². The zero-order chi connectivity index (χ0) is 19.7. The number of hydrogen-bond donors (Lipinski definition) is 2. The standard InChI is InChI=1S/C19H24N2O5S/c1-25-14-13-20-19(22)16-7-9-17(10-8-16)27(23,24)21-12-11-15-5-3-4-6-18(15)26-2/h3-10,21H,11-14H2,1-2H3,(H,20,22). The SMILES string of the molecule is COCCNC(=O)c1ccc(S(=O)(=O)NCCc2ccccc2OC)cc1. The minimum Gasteiger partial charge on any atom is -0.496 e. The minimum atomic E-state index is -3.66. The third-order valence-corrected chi connectivity index (χ3v) is 5.37. The molecule has 0 fully saturated rings. The first-order valence-electron chi connectivity index (χ1n) is 8.46. The van der Waals surface area contributed by atoms with Gasteiger partial charge in [0.25, 0.3) is 5.91 Å². The van der Waals surface area contributed by atoms with Gasteiger partial charge in [0.2, 0.25) is 10.0 Å². The third-order valence-electron chi connectivity index (χ3n) is 3.90. The van der Waals surface area contributed by atoms with Crippen LogP contribution in [0.4, 0.5) is 0 Å². The number of para-hydroxylation sites is 1. The zero-order valence-corrected chi connectivity index (χ0v) is 16.2. The van der Waals surface area contributed by atoms with Crippen molar-refractivity contribution in [2.45, 2.75) is 11.3 Å². The number of methoxy groups -OCH3 is 2. The Labute approximate surface area is 159 Å². The lowest BCUT2D eigenvalue weighted by Crippen LogP contribution is -2.27. The molecule has 0 unspecified atom stereocenters. The van der Waals surface area contributed by atoms with Gasteiger partial charge < -0.3 is 14.8 Å². The fraction of sp³-hybridized carbons (Fsp3) is 0.316. The first kappa shape index (κ1) is 20.9. The lowest BCUT2D eigenvalue weighted by Gasteiger charge is -2.10. The molecule has 8 heteroatoms. The largest absolute Gasteiger partial charge is 0.496 e. The van der Waals surface area contributed by atoms with Crippen LogP contribution < -0.4 is 14.8 Å². The maximum atomic E-state index is 12.4. The summed E-state index contributed by atoms with van der Waals surface area (Å²) in [6.07, 6.45) is 0.503. The van der Waals surface area contributed by atoms with Crippen LogP contribution in [0, 0.1) is 0 Å². The van der Waals surface area contributed by atoms with Gasteiger partial charge in [-0.2, -0.15) is 0 Å². The Morgan fingerprint density at radius 2 is 1.70 bits per heavy atom. The first-order chi connectivity index (χ1) is 13.0. The van der Waals surface area contributed by atoms with Crippen molar-refractivity contribution in [2.24, 2.45) is 0 Å². The quantitative estimate of drug-likeness (QED) is 0.599. The molecule has 0 aromatic heterocycles. The van der Waals surface area contributed by atoms with Crippen LogP contribution in [0.15, 0.2) is 53.4 Å². The Bertz CT molecular complexity index is 851. The Balaban J connectivity index is 1.95. The van der Waals surface area contributed by atoms with Crippen LogP contribution in [0.1, 0.15) is 15.9 Å². The van der Waals surface area contributed by atoms with E-state index >= 15 is 0 Å². The molecule has 2 aromatic carbocycles. The monoisotopic (exact) mass is 392 g/mol. The van der Waals surface area contributed by atoms with Crippen LogP contribution in [0.3, 0.4) is 0 Å². The lowest BCUT2D eigenvalue weighted by atomic mass is 10.1. The van der Waals surface area contributed by atoms with Crippen molar-refractivity contribution in [3.63, 3.8) is 0 Å². The van der Waals surface area contributed by atoms with Crippen LogP contribution in [0.2, 0.25) is 0 Å². The third kappa shape index (κ3) is 6.06. The molecule has 0 aliphatic heterocycles. The number of carbonyl (C=O) groups is 1. The molecule has 0 radical (unpaired) electrons. The number of hydrogen-bond acceptors (Lipinski definition) is 5. The van der Waals surface area contributed by atoms with Crippen LogP contribution in [0.5, 0.6) is 5.75 Å². The average Bonchev–Trinajstić information content (AvgIpc) is 2.68. The topological polar surface area (TPSA) is 93.7 Å². The summed E-state index contributed by atoms with van der Waals surface area (Å²) in [5.74, 6) is 0.445. The van der Waals surface area contributed by atoms with E-state index in [1.807, 2.05) is 24.3 Å². The minimum absolute atomic E-state index is 0.107. The van der Waals surface area contributed by atoms with Crippen LogP contribution >= 0.6 is 0 Å². The highest BCUT2D eigenvalue weighted by Crippen LogP contribution is 2.17. The van der Waals surface area contributed by atoms with E-state index in [2.05, 4.69) is 10.0 Å². The lowest BCUT2D eigenvalue weighted by molar-refractivity contribution is 0.0937. The van der Waals surface area contributed by atoms with Gasteiger partial charge in [0.05, 0.1) is 18.6 Å². The number of nitrogens with one attached hydrogen (secondary N) is 2. The first-order valence-corrected chi connectivity index (χ1v) is 9.95. The molecule has 146 valence electrons. The van der Waals surface area contributed by atoms with E-state index in [1.54, 1.807) is 14.2 Å². The van der Waals surface area contributed by atoms with Crippen LogP contribution in [-0.4, -0.2) is 48.2 Å². The van der Waals surface area contributed by atoms with Crippen molar-refractivity contribution < 1.29 is 22.7 Å². The molecule has 0 spiro atoms. The maximum Gasteiger partial charge on any atom is 0.251 e. The molecule has 2 N–H and O–H groups in total. The predicted octanol–water partition coefficient (Wildman–Crippen LogP) is 1.59. The van der Waals surface area contributed by atoms with Crippen molar-refractivity contribution in [2.75, 3.05) is 33.9 Å². The van der Waals surface area contributed by atoms with Gasteiger partial charge in [0.1, 0.15) is 5.75 Å². The molecule has 1 amide bonds. The van der Waals surface area contributed by atoms with E-state index in [9.17, 15) is 13.2 Å². The summed E-state index contributed by atoms with van der Waals surface area (Å²) in [4.78, 5) is 12.0. The molecular weight excluding hydrogens is 368 g/mol. The van der Waals surface area contributed by atoms with Crippen molar-refractivity contribution in [1.82, 2.24) is 10.0 Å². The number of amides is 1. The summed E-state index contributed by atoms with van der Waals surface area (Å²) in [6.45, 7) is 1.04. The maximum absolute atomic E-state index is 12.4. The second-order valence-electron chi connectivity index (χ2n) is 5.73. The highest BCUT2D eigenvalue weighted by atomic mass is 32.2. The molecule has 7 nitrogen and oxygen atoms in total. The van der Waals surface area contributed by atoms with E-state index in [1.165, 1.54) is 24.3 Å². The van der Waals surface area contributed by atoms with Crippen molar-refractivity contribution in [3.8, 4) is 5.75 Å². The molecule has 27 heavy (non-hydrogen) atoms. The van der Waals surface area contributed by atoms with Gasteiger partial charge in [-0.15, -0.1) is 0 Å². The van der Waals surface area contributed by atoms with Crippen molar-refractivity contribution >= 4 is 15.9 Å². The molecular formula is C19H24N2O5S. The Morgan fingerprint density at radius 3 is 2.37 bits per heavy atom. The number of ether oxygens (including phenoxy) is 2. The van der Waals surface area contributed by atoms with Gasteiger partial charge >= 0.3 is 0 Å². The van der Waals surface area contributed by atoms with E-state index in [-0.39, 0.29) is 17.3 Å². The second-order valence-corrected chi connectivity index (χ2v) is 7.50. The van der Waals surface area contributed by atoms with Gasteiger partial charge in [-0.1, -0.05) is 18.2 Å². The molecule has 0 bridgehead atoms. The number of carbonyl (C=O) groups excluding carboxylic acids is 1. The number of benzene rings is 2. The van der Waals surface area contributed by atoms with Crippen molar-refractivity contribution in [1.29, 1.82) is 0 Å². The second kappa shape index (κ2) is 10.1.